The lowest BCUT2D eigenvalue weighted by atomic mass is 8.46. The van der Waals surface area contributed by atoms with Crippen molar-refractivity contribution in [2.24, 2.45) is 0 Å². The minimum Gasteiger partial charge on any atom is -0.0388 e. The highest BCUT2D eigenvalue weighted by molar-refractivity contribution is 8.12. The molecule has 20 radical (unpaired) electrons. The second-order valence-corrected chi connectivity index (χ2v) is 4.81. The quantitative estimate of drug-likeness (QED) is 0.347. The molecule has 0 aromatic heterocycles. The molecule has 0 atom stereocenters. The van der Waals surface area contributed by atoms with Crippen molar-refractivity contribution in [2.45, 2.75) is 0 Å². The highest BCUT2D eigenvalue weighted by Gasteiger charge is 2.37. The predicted octanol–water partition coefficient (Wildman–Crippen LogP) is -7.50. The van der Waals surface area contributed by atoms with Gasteiger partial charge in [0, 0.05) is 135 Å². The second-order valence-electron chi connectivity index (χ2n) is 4.81. The first kappa shape index (κ1) is 18.3. The lowest BCUT2D eigenvalue weighted by Gasteiger charge is -2.35. The van der Waals surface area contributed by atoms with Crippen LogP contribution in [0.5, 0.6) is 0 Å². The van der Waals surface area contributed by atoms with Crippen LogP contribution in [0, 0.1) is 0 Å². The Hall–Kier alpha value is 1.23. The molecule has 0 rings (SSSR count). The van der Waals surface area contributed by atoms with Gasteiger partial charge in [0.25, 0.3) is 0 Å². The highest BCUT2D eigenvalue weighted by atomic mass is 13.2. The molecule has 0 heterocycles. The molecule has 19 heteroatoms. The van der Waals surface area contributed by atoms with Gasteiger partial charge in [-0.2, -0.15) is 0 Å². The van der Waals surface area contributed by atoms with Gasteiger partial charge in [0.15, 0.2) is 0 Å². The van der Waals surface area contributed by atoms with Gasteiger partial charge in [-0.15, -0.1) is 0 Å². The van der Waals surface area contributed by atoms with E-state index in [1.807, 2.05) is 0 Å². The van der Waals surface area contributed by atoms with Crippen molar-refractivity contribution in [1.29, 1.82) is 1.34 Å². The SMILES string of the molecule is [2H]B(B(B([B])[B])B([B])[B])B(B([B])[B])B(B([B])[B])B([B])[B]. The Kier molecular flexibility index (Phi) is 8.94. The molecule has 0 saturated heterocycles. The van der Waals surface area contributed by atoms with Crippen LogP contribution in [-0.2, 0) is 0 Å². The fourth-order valence-electron chi connectivity index (χ4n) is 2.05. The zero-order valence-corrected chi connectivity index (χ0v) is 11.0. The lowest BCUT2D eigenvalue weighted by molar-refractivity contribution is 3.40. The van der Waals surface area contributed by atoms with Crippen LogP contribution in [0.2, 0.25) is 0 Å². The van der Waals surface area contributed by atoms with Crippen molar-refractivity contribution < 1.29 is 0 Å². The van der Waals surface area contributed by atoms with Crippen molar-refractivity contribution in [3.8, 4) is 0 Å². The maximum absolute atomic E-state index is 8.29. The van der Waals surface area contributed by atoms with Gasteiger partial charge in [-0.05, 0) is 1.34 Å². The maximum Gasteiger partial charge on any atom is 0.0273 e. The molecule has 0 aliphatic rings. The fourth-order valence-corrected chi connectivity index (χ4v) is 2.05. The van der Waals surface area contributed by atoms with Gasteiger partial charge >= 0.3 is 0 Å². The summed E-state index contributed by atoms with van der Waals surface area (Å²) >= 11 is 0. The molecule has 0 amide bonds. The van der Waals surface area contributed by atoms with Crippen LogP contribution >= 0.6 is 0 Å². The van der Waals surface area contributed by atoms with Gasteiger partial charge in [0.1, 0.15) is 0 Å². The molecule has 0 aromatic rings. The standard InChI is InChI=1S/B19H/c1-12(2)17(13(3)4)11-18(14(5)6)19(15(7)8)16(9)10/h11H/i11D. The van der Waals surface area contributed by atoms with E-state index in [1.165, 1.54) is 0 Å². The second kappa shape index (κ2) is 9.29. The van der Waals surface area contributed by atoms with Gasteiger partial charge in [-0.3, -0.25) is 0 Å². The number of hydrogen-bond acceptors (Lipinski definition) is 0. The molecular formula is HB19. The summed E-state index contributed by atoms with van der Waals surface area (Å²) in [5.74, 6) is 0. The average Bonchev–Trinajstić information content (AvgIpc) is 2.22. The summed E-state index contributed by atoms with van der Waals surface area (Å²) in [6, 6.07) is 0. The minimum absolute atomic E-state index is 0.711. The summed E-state index contributed by atoms with van der Waals surface area (Å²) in [5, 5.41) is 0. The largest absolute Gasteiger partial charge is 0.0388 e. The number of hydrogen-bond donors (Lipinski definition) is 0. The topological polar surface area (TPSA) is 0 Å². The van der Waals surface area contributed by atoms with Crippen molar-refractivity contribution in [3.05, 3.63) is 0 Å². The predicted molar refractivity (Wildman–Crippen MR) is 111 cm³/mol. The van der Waals surface area contributed by atoms with Gasteiger partial charge in [-0.25, -0.2) is 0 Å². The molecule has 0 aromatic carbocycles. The Labute approximate surface area is 137 Å². The average molecular weight is 207 g/mol. The van der Waals surface area contributed by atoms with Crippen molar-refractivity contribution in [1.82, 2.24) is 0 Å². The van der Waals surface area contributed by atoms with Gasteiger partial charge in [0.05, 0.1) is 0 Å². The minimum atomic E-state index is -1.01. The van der Waals surface area contributed by atoms with Crippen LogP contribution in [0.4, 0.5) is 0 Å². The first-order valence-corrected chi connectivity index (χ1v) is 6.00. The summed E-state index contributed by atoms with van der Waals surface area (Å²) in [7, 11) is 55.6. The van der Waals surface area contributed by atoms with E-state index < -0.39 is 58.1 Å². The third kappa shape index (κ3) is 6.68. The Bertz CT molecular complexity index is 236. The van der Waals surface area contributed by atoms with Gasteiger partial charge in [-0.1, -0.05) is 0 Å². The van der Waals surface area contributed by atoms with Crippen LogP contribution in [0.1, 0.15) is 0 Å². The smallest absolute Gasteiger partial charge is 0.0273 e. The van der Waals surface area contributed by atoms with E-state index >= 15 is 0 Å². The van der Waals surface area contributed by atoms with Crippen molar-refractivity contribution in [3.63, 3.8) is 0 Å². The summed E-state index contributed by atoms with van der Waals surface area (Å²) in [5.41, 5.74) is 0. The van der Waals surface area contributed by atoms with E-state index in [1.54, 1.807) is 0 Å². The molecular weight excluding hydrogens is 205 g/mol. The third-order valence-corrected chi connectivity index (χ3v) is 3.11. The number of rotatable bonds is 8. The Morgan fingerprint density at radius 3 is 1.05 bits per heavy atom. The van der Waals surface area contributed by atoms with E-state index in [-0.39, 0.29) is 0 Å². The van der Waals surface area contributed by atoms with Crippen LogP contribution in [0.25, 0.3) is 0 Å². The Morgan fingerprint density at radius 2 is 0.842 bits per heavy atom. The highest BCUT2D eigenvalue weighted by Crippen LogP contribution is 1.99. The molecule has 0 N–H and O–H groups in total. The monoisotopic (exact) mass is 211 g/mol. The van der Waals surface area contributed by atoms with Crippen LogP contribution in [0.15, 0.2) is 0 Å². The Morgan fingerprint density at radius 1 is 0.526 bits per heavy atom. The molecule has 0 aliphatic heterocycles. The molecule has 0 unspecified atom stereocenters. The third-order valence-electron chi connectivity index (χ3n) is 3.11. The van der Waals surface area contributed by atoms with E-state index in [4.69, 9.17) is 78.7 Å². The van der Waals surface area contributed by atoms with E-state index in [9.17, 15) is 0 Å². The van der Waals surface area contributed by atoms with Crippen molar-refractivity contribution in [2.75, 3.05) is 0 Å². The first-order valence-electron chi connectivity index (χ1n) is 6.58. The van der Waals surface area contributed by atoms with E-state index in [0.717, 1.165) is 0 Å². The zero-order valence-electron chi connectivity index (χ0n) is 12.0. The summed E-state index contributed by atoms with van der Waals surface area (Å²) in [4.78, 5) is 0. The molecule has 0 saturated carbocycles. The van der Waals surface area contributed by atoms with E-state index in [0.29, 0.717) is 0 Å². The lowest BCUT2D eigenvalue weighted by Crippen LogP contribution is -2.74. The molecule has 0 bridgehead atoms. The fraction of sp³-hybridized carbons (Fsp3) is 0. The molecule has 0 fully saturated rings. The summed E-state index contributed by atoms with van der Waals surface area (Å²) in [6.45, 7) is 0. The van der Waals surface area contributed by atoms with Crippen LogP contribution in [0.3, 0.4) is 0 Å². The van der Waals surface area contributed by atoms with Crippen LogP contribution in [-0.4, -0.2) is 137 Å². The van der Waals surface area contributed by atoms with Crippen LogP contribution < -0.4 is 0 Å². The maximum atomic E-state index is 8.29. The van der Waals surface area contributed by atoms with Gasteiger partial charge < -0.3 is 0 Å². The zero-order chi connectivity index (χ0) is 16.2. The molecule has 0 aliphatic carbocycles. The molecule has 19 heavy (non-hydrogen) atoms. The van der Waals surface area contributed by atoms with Crippen molar-refractivity contribution >= 4 is 135 Å². The Balaban J connectivity index is 5.44. The first-order chi connectivity index (χ1) is 9.02. The molecule has 0 nitrogen and oxygen atoms in total. The van der Waals surface area contributed by atoms with E-state index in [2.05, 4.69) is 0 Å². The normalized spacial score (nSPS) is 9.79. The molecule has 58 valence electrons. The summed E-state index contributed by atoms with van der Waals surface area (Å²) < 4.78 is 8.29. The van der Waals surface area contributed by atoms with Gasteiger partial charge in [0.2, 0.25) is 0 Å². The summed E-state index contributed by atoms with van der Waals surface area (Å²) in [6.07, 6.45) is -6.87. The molecule has 0 spiro atoms.